The van der Waals surface area contributed by atoms with Crippen molar-refractivity contribution < 1.29 is 4.79 Å². The van der Waals surface area contributed by atoms with Gasteiger partial charge >= 0.3 is 0 Å². The molecule has 0 saturated carbocycles. The Bertz CT molecular complexity index is 904. The molecule has 2 aromatic heterocycles. The number of nitrogens with zero attached hydrogens (tertiary/aromatic N) is 6. The van der Waals surface area contributed by atoms with E-state index < -0.39 is 0 Å². The van der Waals surface area contributed by atoms with E-state index in [-0.39, 0.29) is 11.9 Å². The first-order chi connectivity index (χ1) is 13.3. The molecule has 7 nitrogen and oxygen atoms in total. The van der Waals surface area contributed by atoms with Crippen LogP contribution in [0.2, 0.25) is 0 Å². The van der Waals surface area contributed by atoms with Gasteiger partial charge in [0.15, 0.2) is 0 Å². The highest BCUT2D eigenvalue weighted by atomic mass is 16.2. The molecule has 27 heavy (non-hydrogen) atoms. The molecule has 1 amide bonds. The molecule has 1 aliphatic rings. The molecule has 7 heteroatoms. The van der Waals surface area contributed by atoms with Gasteiger partial charge in [-0.15, -0.1) is 0 Å². The molecule has 1 unspecified atom stereocenters. The molecule has 0 N–H and O–H groups in total. The molecule has 0 aliphatic carbocycles. The van der Waals surface area contributed by atoms with E-state index >= 15 is 0 Å². The van der Waals surface area contributed by atoms with Gasteiger partial charge in [-0.1, -0.05) is 19.1 Å². The highest BCUT2D eigenvalue weighted by Gasteiger charge is 2.27. The fourth-order valence-corrected chi connectivity index (χ4v) is 3.74. The van der Waals surface area contributed by atoms with Gasteiger partial charge in [0, 0.05) is 44.0 Å². The lowest BCUT2D eigenvalue weighted by Gasteiger charge is -2.26. The maximum Gasteiger partial charge on any atom is 0.247 e. The third-order valence-corrected chi connectivity index (χ3v) is 5.14. The standard InChI is InChI=1S/C20H24N6O/c1-2-18(26-12-5-9-23-26)20(27)25-11-6-10-24(13-14-25)19-16-7-3-4-8-17(16)21-15-22-19/h3-5,7-9,12,15,18H,2,6,10-11,13-14H2,1H3. The molecule has 3 heterocycles. The topological polar surface area (TPSA) is 67.2 Å². The van der Waals surface area contributed by atoms with Gasteiger partial charge in [0.25, 0.3) is 0 Å². The second-order valence-electron chi connectivity index (χ2n) is 6.79. The predicted octanol–water partition coefficient (Wildman–Crippen LogP) is 2.52. The quantitative estimate of drug-likeness (QED) is 0.712. The highest BCUT2D eigenvalue weighted by Crippen LogP contribution is 2.24. The lowest BCUT2D eigenvalue weighted by molar-refractivity contribution is -0.135. The van der Waals surface area contributed by atoms with Crippen molar-refractivity contribution in [2.24, 2.45) is 0 Å². The van der Waals surface area contributed by atoms with Crippen LogP contribution in [0.3, 0.4) is 0 Å². The zero-order valence-electron chi connectivity index (χ0n) is 15.5. The molecule has 140 valence electrons. The summed E-state index contributed by atoms with van der Waals surface area (Å²) < 4.78 is 1.77. The fourth-order valence-electron chi connectivity index (χ4n) is 3.74. The Balaban J connectivity index is 1.51. The van der Waals surface area contributed by atoms with Gasteiger partial charge in [-0.3, -0.25) is 9.48 Å². The van der Waals surface area contributed by atoms with Crippen molar-refractivity contribution in [1.82, 2.24) is 24.6 Å². The lowest BCUT2D eigenvalue weighted by atomic mass is 10.2. The minimum absolute atomic E-state index is 0.149. The van der Waals surface area contributed by atoms with Crippen molar-refractivity contribution >= 4 is 22.6 Å². The maximum atomic E-state index is 13.1. The van der Waals surface area contributed by atoms with E-state index in [1.54, 1.807) is 17.2 Å². The van der Waals surface area contributed by atoms with Gasteiger partial charge in [0.2, 0.25) is 5.91 Å². The van der Waals surface area contributed by atoms with Crippen LogP contribution in [-0.2, 0) is 4.79 Å². The smallest absolute Gasteiger partial charge is 0.247 e. The largest absolute Gasteiger partial charge is 0.354 e. The third kappa shape index (κ3) is 3.49. The van der Waals surface area contributed by atoms with E-state index in [0.29, 0.717) is 6.54 Å². The summed E-state index contributed by atoms with van der Waals surface area (Å²) in [6.07, 6.45) is 6.86. The van der Waals surface area contributed by atoms with Crippen molar-refractivity contribution in [2.45, 2.75) is 25.8 Å². The molecule has 1 atom stereocenters. The zero-order valence-corrected chi connectivity index (χ0v) is 15.5. The minimum atomic E-state index is -0.230. The number of para-hydroxylation sites is 1. The molecule has 4 rings (SSSR count). The third-order valence-electron chi connectivity index (χ3n) is 5.14. The number of carbonyl (C=O) groups is 1. The monoisotopic (exact) mass is 364 g/mol. The molecule has 3 aromatic rings. The number of benzene rings is 1. The summed E-state index contributed by atoms with van der Waals surface area (Å²) in [6, 6.07) is 9.70. The second kappa shape index (κ2) is 7.73. The summed E-state index contributed by atoms with van der Waals surface area (Å²) in [6.45, 7) is 5.12. The van der Waals surface area contributed by atoms with Crippen LogP contribution in [0.25, 0.3) is 10.9 Å². The highest BCUT2D eigenvalue weighted by molar-refractivity contribution is 5.89. The van der Waals surface area contributed by atoms with Gasteiger partial charge in [0.05, 0.1) is 5.52 Å². The van der Waals surface area contributed by atoms with Crippen LogP contribution >= 0.6 is 0 Å². The second-order valence-corrected chi connectivity index (χ2v) is 6.79. The van der Waals surface area contributed by atoms with Crippen molar-refractivity contribution in [2.75, 3.05) is 31.1 Å². The van der Waals surface area contributed by atoms with Crippen LogP contribution in [0.1, 0.15) is 25.8 Å². The molecule has 1 aliphatic heterocycles. The summed E-state index contributed by atoms with van der Waals surface area (Å²) in [5.41, 5.74) is 0.949. The first-order valence-electron chi connectivity index (χ1n) is 9.50. The number of hydrogen-bond donors (Lipinski definition) is 0. The van der Waals surface area contributed by atoms with Crippen molar-refractivity contribution in [3.8, 4) is 0 Å². The Morgan fingerprint density at radius 2 is 2.00 bits per heavy atom. The SMILES string of the molecule is CCC(C(=O)N1CCCN(c2ncnc3ccccc23)CC1)n1cccn1. The van der Waals surface area contributed by atoms with Crippen molar-refractivity contribution in [3.05, 3.63) is 49.1 Å². The summed E-state index contributed by atoms with van der Waals surface area (Å²) in [4.78, 5) is 26.2. The van der Waals surface area contributed by atoms with Gasteiger partial charge in [-0.25, -0.2) is 9.97 Å². The van der Waals surface area contributed by atoms with E-state index in [4.69, 9.17) is 0 Å². The fraction of sp³-hybridized carbons (Fsp3) is 0.400. The molecule has 0 spiro atoms. The van der Waals surface area contributed by atoms with E-state index in [9.17, 15) is 4.79 Å². The number of hydrogen-bond acceptors (Lipinski definition) is 5. The van der Waals surface area contributed by atoms with Crippen LogP contribution in [-0.4, -0.2) is 56.7 Å². The average Bonchev–Trinajstić information content (AvgIpc) is 3.12. The Kier molecular flexibility index (Phi) is 5.00. The van der Waals surface area contributed by atoms with E-state index in [2.05, 4.69) is 26.0 Å². The number of fused-ring (bicyclic) bond motifs is 1. The maximum absolute atomic E-state index is 13.1. The van der Waals surface area contributed by atoms with Crippen LogP contribution in [0.5, 0.6) is 0 Å². The first-order valence-corrected chi connectivity index (χ1v) is 9.50. The Labute approximate surface area is 158 Å². The Hall–Kier alpha value is -2.96. The van der Waals surface area contributed by atoms with E-state index in [0.717, 1.165) is 49.2 Å². The van der Waals surface area contributed by atoms with Crippen LogP contribution in [0, 0.1) is 0 Å². The molecule has 1 aromatic carbocycles. The van der Waals surface area contributed by atoms with Crippen LogP contribution in [0.4, 0.5) is 5.82 Å². The molecule has 1 fully saturated rings. The van der Waals surface area contributed by atoms with Crippen molar-refractivity contribution in [1.29, 1.82) is 0 Å². The predicted molar refractivity (Wildman–Crippen MR) is 105 cm³/mol. The average molecular weight is 364 g/mol. The molecule has 0 bridgehead atoms. The first kappa shape index (κ1) is 17.5. The number of carbonyl (C=O) groups excluding carboxylic acids is 1. The molecule has 0 radical (unpaired) electrons. The van der Waals surface area contributed by atoms with Crippen LogP contribution < -0.4 is 4.90 Å². The Morgan fingerprint density at radius 3 is 2.81 bits per heavy atom. The molecule has 1 saturated heterocycles. The van der Waals surface area contributed by atoms with Crippen LogP contribution in [0.15, 0.2) is 49.1 Å². The van der Waals surface area contributed by atoms with E-state index in [1.807, 2.05) is 42.3 Å². The summed E-state index contributed by atoms with van der Waals surface area (Å²) in [7, 11) is 0. The number of aromatic nitrogens is 4. The minimum Gasteiger partial charge on any atom is -0.354 e. The van der Waals surface area contributed by atoms with Gasteiger partial charge in [0.1, 0.15) is 18.2 Å². The summed E-state index contributed by atoms with van der Waals surface area (Å²) in [5, 5.41) is 5.32. The number of anilines is 1. The summed E-state index contributed by atoms with van der Waals surface area (Å²) in [5.74, 6) is 1.10. The van der Waals surface area contributed by atoms with Gasteiger partial charge in [-0.05, 0) is 31.0 Å². The number of rotatable bonds is 4. The van der Waals surface area contributed by atoms with Gasteiger partial charge < -0.3 is 9.80 Å². The lowest BCUT2D eigenvalue weighted by Crippen LogP contribution is -2.40. The molecular weight excluding hydrogens is 340 g/mol. The molecular formula is C20H24N6O. The summed E-state index contributed by atoms with van der Waals surface area (Å²) >= 11 is 0. The van der Waals surface area contributed by atoms with E-state index in [1.165, 1.54) is 0 Å². The Morgan fingerprint density at radius 1 is 1.11 bits per heavy atom. The van der Waals surface area contributed by atoms with Crippen molar-refractivity contribution in [3.63, 3.8) is 0 Å². The normalized spacial score (nSPS) is 16.3. The zero-order chi connectivity index (χ0) is 18.6. The number of amides is 1. The van der Waals surface area contributed by atoms with Gasteiger partial charge in [-0.2, -0.15) is 5.10 Å².